The fourth-order valence-electron chi connectivity index (χ4n) is 6.75. The minimum atomic E-state index is -0.0331. The maximum absolute atomic E-state index is 6.33. The standard InChI is InChI=1S/C45H89NO2/c1-6-10-12-14-16-18-20-22-24-26-28-30-32-34-36-38-42-47-45(41-40-44(5)46(8-3)9-4)48-43-39-37-35-33-31-29-27-25-23-21-19-17-15-13-11-7-2/h22-25,44-45H,6-21,26-43H2,1-5H3/b24-22-,25-23-. The van der Waals surface area contributed by atoms with Gasteiger partial charge in [0.25, 0.3) is 0 Å². The van der Waals surface area contributed by atoms with Gasteiger partial charge in [-0.05, 0) is 97.1 Å². The molecule has 0 aliphatic heterocycles. The van der Waals surface area contributed by atoms with Crippen LogP contribution in [-0.4, -0.2) is 43.5 Å². The first-order chi connectivity index (χ1) is 23.7. The summed E-state index contributed by atoms with van der Waals surface area (Å²) in [6, 6.07) is 0.588. The molecule has 0 radical (unpaired) electrons. The molecule has 0 aliphatic rings. The van der Waals surface area contributed by atoms with Crippen molar-refractivity contribution in [2.75, 3.05) is 26.3 Å². The molecule has 0 saturated carbocycles. The molecule has 1 unspecified atom stereocenters. The van der Waals surface area contributed by atoms with Gasteiger partial charge in [-0.1, -0.05) is 168 Å². The van der Waals surface area contributed by atoms with Crippen LogP contribution in [0.4, 0.5) is 0 Å². The molecule has 0 heterocycles. The van der Waals surface area contributed by atoms with Crippen LogP contribution in [0.2, 0.25) is 0 Å². The molecule has 0 spiro atoms. The van der Waals surface area contributed by atoms with Gasteiger partial charge in [-0.25, -0.2) is 0 Å². The van der Waals surface area contributed by atoms with Gasteiger partial charge in [-0.2, -0.15) is 0 Å². The van der Waals surface area contributed by atoms with Gasteiger partial charge in [0, 0.05) is 19.3 Å². The van der Waals surface area contributed by atoms with E-state index in [0.717, 1.165) is 52.0 Å². The first-order valence-corrected chi connectivity index (χ1v) is 22.0. The van der Waals surface area contributed by atoms with Gasteiger partial charge in [0.15, 0.2) is 6.29 Å². The summed E-state index contributed by atoms with van der Waals surface area (Å²) in [5.74, 6) is 0. The summed E-state index contributed by atoms with van der Waals surface area (Å²) in [5.41, 5.74) is 0. The van der Waals surface area contributed by atoms with Crippen molar-refractivity contribution < 1.29 is 9.47 Å². The number of rotatable bonds is 40. The Bertz CT molecular complexity index is 599. The summed E-state index contributed by atoms with van der Waals surface area (Å²) in [6.45, 7) is 15.4. The topological polar surface area (TPSA) is 21.7 Å². The summed E-state index contributed by atoms with van der Waals surface area (Å²) in [6.07, 6.45) is 49.4. The van der Waals surface area contributed by atoms with Crippen LogP contribution in [0.3, 0.4) is 0 Å². The van der Waals surface area contributed by atoms with Gasteiger partial charge in [0.05, 0.1) is 0 Å². The van der Waals surface area contributed by atoms with Crippen LogP contribution in [-0.2, 0) is 9.47 Å². The molecule has 0 fully saturated rings. The van der Waals surface area contributed by atoms with E-state index in [9.17, 15) is 0 Å². The lowest BCUT2D eigenvalue weighted by atomic mass is 10.1. The Balaban J connectivity index is 3.94. The number of hydrogen-bond acceptors (Lipinski definition) is 3. The second-order valence-corrected chi connectivity index (χ2v) is 14.7. The Morgan fingerprint density at radius 1 is 0.396 bits per heavy atom. The highest BCUT2D eigenvalue weighted by atomic mass is 16.7. The second-order valence-electron chi connectivity index (χ2n) is 14.7. The van der Waals surface area contributed by atoms with E-state index in [1.807, 2.05) is 0 Å². The molecular weight excluding hydrogens is 587 g/mol. The van der Waals surface area contributed by atoms with Crippen molar-refractivity contribution in [3.63, 3.8) is 0 Å². The molecule has 0 bridgehead atoms. The second kappa shape index (κ2) is 40.8. The Labute approximate surface area is 303 Å². The normalized spacial score (nSPS) is 12.9. The molecule has 0 aromatic heterocycles. The molecule has 0 amide bonds. The highest BCUT2D eigenvalue weighted by Gasteiger charge is 2.15. The van der Waals surface area contributed by atoms with E-state index < -0.39 is 0 Å². The summed E-state index contributed by atoms with van der Waals surface area (Å²) < 4.78 is 12.7. The van der Waals surface area contributed by atoms with Crippen LogP contribution in [0, 0.1) is 0 Å². The zero-order chi connectivity index (χ0) is 35.0. The van der Waals surface area contributed by atoms with Gasteiger partial charge < -0.3 is 14.4 Å². The molecular formula is C45H89NO2. The third-order valence-corrected chi connectivity index (χ3v) is 10.2. The zero-order valence-electron chi connectivity index (χ0n) is 33.8. The summed E-state index contributed by atoms with van der Waals surface area (Å²) in [5, 5.41) is 0. The lowest BCUT2D eigenvalue weighted by molar-refractivity contribution is -0.149. The molecule has 286 valence electrons. The van der Waals surface area contributed by atoms with E-state index >= 15 is 0 Å². The van der Waals surface area contributed by atoms with Crippen LogP contribution in [0.25, 0.3) is 0 Å². The molecule has 48 heavy (non-hydrogen) atoms. The van der Waals surface area contributed by atoms with Crippen molar-refractivity contribution in [1.29, 1.82) is 0 Å². The van der Waals surface area contributed by atoms with Crippen LogP contribution >= 0.6 is 0 Å². The molecule has 1 atom stereocenters. The lowest BCUT2D eigenvalue weighted by Gasteiger charge is -2.28. The van der Waals surface area contributed by atoms with Gasteiger partial charge >= 0.3 is 0 Å². The van der Waals surface area contributed by atoms with Crippen molar-refractivity contribution >= 4 is 0 Å². The van der Waals surface area contributed by atoms with E-state index in [0.29, 0.717) is 6.04 Å². The average Bonchev–Trinajstić information content (AvgIpc) is 3.10. The van der Waals surface area contributed by atoms with E-state index in [2.05, 4.69) is 63.8 Å². The van der Waals surface area contributed by atoms with Crippen LogP contribution < -0.4 is 0 Å². The largest absolute Gasteiger partial charge is 0.353 e. The monoisotopic (exact) mass is 676 g/mol. The number of unbranched alkanes of at least 4 members (excludes halogenated alkanes) is 24. The smallest absolute Gasteiger partial charge is 0.157 e. The van der Waals surface area contributed by atoms with E-state index in [-0.39, 0.29) is 6.29 Å². The molecule has 0 rings (SSSR count). The van der Waals surface area contributed by atoms with E-state index in [1.165, 1.54) is 167 Å². The molecule has 0 aromatic carbocycles. The Morgan fingerprint density at radius 2 is 0.708 bits per heavy atom. The third kappa shape index (κ3) is 35.2. The predicted molar refractivity (Wildman–Crippen MR) is 216 cm³/mol. The van der Waals surface area contributed by atoms with Gasteiger partial charge in [0.2, 0.25) is 0 Å². The summed E-state index contributed by atoms with van der Waals surface area (Å²) >= 11 is 0. The van der Waals surface area contributed by atoms with Crippen molar-refractivity contribution in [2.24, 2.45) is 0 Å². The number of allylic oxidation sites excluding steroid dienone is 4. The van der Waals surface area contributed by atoms with Gasteiger partial charge in [0.1, 0.15) is 0 Å². The van der Waals surface area contributed by atoms with E-state index in [1.54, 1.807) is 0 Å². The molecule has 3 nitrogen and oxygen atoms in total. The Morgan fingerprint density at radius 3 is 1.04 bits per heavy atom. The number of hydrogen-bond donors (Lipinski definition) is 0. The van der Waals surface area contributed by atoms with Gasteiger partial charge in [-0.15, -0.1) is 0 Å². The Hall–Kier alpha value is -0.640. The highest BCUT2D eigenvalue weighted by molar-refractivity contribution is 4.82. The van der Waals surface area contributed by atoms with Gasteiger partial charge in [-0.3, -0.25) is 0 Å². The zero-order valence-corrected chi connectivity index (χ0v) is 33.8. The molecule has 0 aliphatic carbocycles. The maximum Gasteiger partial charge on any atom is 0.157 e. The molecule has 0 aromatic rings. The maximum atomic E-state index is 6.33. The summed E-state index contributed by atoms with van der Waals surface area (Å²) in [7, 11) is 0. The fourth-order valence-corrected chi connectivity index (χ4v) is 6.75. The van der Waals surface area contributed by atoms with Crippen molar-refractivity contribution in [2.45, 2.75) is 240 Å². The minimum Gasteiger partial charge on any atom is -0.353 e. The number of ether oxygens (including phenoxy) is 2. The third-order valence-electron chi connectivity index (χ3n) is 10.2. The van der Waals surface area contributed by atoms with Crippen molar-refractivity contribution in [3.05, 3.63) is 24.3 Å². The molecule has 3 heteroatoms. The fraction of sp³-hybridized carbons (Fsp3) is 0.911. The lowest BCUT2D eigenvalue weighted by Crippen LogP contribution is -2.34. The molecule has 0 saturated heterocycles. The van der Waals surface area contributed by atoms with E-state index in [4.69, 9.17) is 9.47 Å². The van der Waals surface area contributed by atoms with Crippen LogP contribution in [0.1, 0.15) is 227 Å². The molecule has 0 N–H and O–H groups in total. The minimum absolute atomic E-state index is 0.0331. The predicted octanol–water partition coefficient (Wildman–Crippen LogP) is 14.9. The number of nitrogens with zero attached hydrogens (tertiary/aromatic N) is 1. The quantitative estimate of drug-likeness (QED) is 0.0366. The highest BCUT2D eigenvalue weighted by Crippen LogP contribution is 2.16. The SMILES string of the molecule is CCCCCCCC/C=C\CCCCCCCCOC(CCC(C)N(CC)CC)OCCCCCCCC/C=C\CCCCCCCC. The van der Waals surface area contributed by atoms with Crippen LogP contribution in [0.15, 0.2) is 24.3 Å². The van der Waals surface area contributed by atoms with Crippen molar-refractivity contribution in [3.8, 4) is 0 Å². The van der Waals surface area contributed by atoms with Crippen molar-refractivity contribution in [1.82, 2.24) is 4.90 Å². The Kier molecular flexibility index (Phi) is 40.2. The summed E-state index contributed by atoms with van der Waals surface area (Å²) in [4.78, 5) is 2.55. The average molecular weight is 676 g/mol. The first kappa shape index (κ1) is 47.4. The van der Waals surface area contributed by atoms with Crippen LogP contribution in [0.5, 0.6) is 0 Å². The first-order valence-electron chi connectivity index (χ1n) is 22.0.